The second-order valence-corrected chi connectivity index (χ2v) is 10.5. The number of ether oxygens (including phenoxy) is 1. The van der Waals surface area contributed by atoms with E-state index in [9.17, 15) is 19.2 Å². The van der Waals surface area contributed by atoms with Gasteiger partial charge in [0, 0.05) is 34.7 Å². The smallest absolute Gasteiger partial charge is 0.335 e. The molecule has 40 heavy (non-hydrogen) atoms. The van der Waals surface area contributed by atoms with Crippen molar-refractivity contribution in [1.82, 2.24) is 0 Å². The molecule has 3 aromatic rings. The van der Waals surface area contributed by atoms with Crippen molar-refractivity contribution >= 4 is 34.9 Å². The largest absolute Gasteiger partial charge is 0.478 e. The van der Waals surface area contributed by atoms with Crippen LogP contribution in [0.15, 0.2) is 72.8 Å². The van der Waals surface area contributed by atoms with Gasteiger partial charge in [-0.25, -0.2) is 4.79 Å². The summed E-state index contributed by atoms with van der Waals surface area (Å²) in [6.45, 7) is 0. The van der Waals surface area contributed by atoms with E-state index >= 15 is 0 Å². The second kappa shape index (κ2) is 12.2. The predicted molar refractivity (Wildman–Crippen MR) is 151 cm³/mol. The quantitative estimate of drug-likeness (QED) is 0.283. The molecule has 0 heterocycles. The lowest BCUT2D eigenvalue weighted by Crippen LogP contribution is -2.40. The monoisotopic (exact) mass is 540 g/mol. The van der Waals surface area contributed by atoms with Crippen LogP contribution in [0.5, 0.6) is 11.5 Å². The van der Waals surface area contributed by atoms with E-state index < -0.39 is 11.9 Å². The molecule has 0 spiro atoms. The highest BCUT2D eigenvalue weighted by Crippen LogP contribution is 2.38. The van der Waals surface area contributed by atoms with Gasteiger partial charge in [-0.2, -0.15) is 0 Å². The standard InChI is InChI=1S/C32H32N2O6/c35-29(20-5-3-6-20)27-9-1-2-10-28(27)31(37)34-24-13-17-26(18-14-24)40-25-15-11-23(12-16-25)33-30(36)21-7-4-8-22(19-21)32(38)39/h4,7-8,11-20,27-28H,1-3,5-6,9-10H2,(H,33,36)(H,34,37)(H,38,39). The van der Waals surface area contributed by atoms with E-state index in [2.05, 4.69) is 10.6 Å². The molecule has 2 atom stereocenters. The molecule has 0 aromatic heterocycles. The average molecular weight is 541 g/mol. The highest BCUT2D eigenvalue weighted by atomic mass is 16.5. The van der Waals surface area contributed by atoms with Crippen LogP contribution in [0, 0.1) is 17.8 Å². The van der Waals surface area contributed by atoms with Gasteiger partial charge in [-0.3, -0.25) is 14.4 Å². The maximum absolute atomic E-state index is 13.1. The van der Waals surface area contributed by atoms with Crippen LogP contribution in [-0.4, -0.2) is 28.7 Å². The van der Waals surface area contributed by atoms with Crippen LogP contribution >= 0.6 is 0 Å². The molecule has 0 radical (unpaired) electrons. The average Bonchev–Trinajstić information content (AvgIpc) is 2.94. The van der Waals surface area contributed by atoms with Gasteiger partial charge in [-0.1, -0.05) is 25.3 Å². The Hall–Kier alpha value is -4.46. The summed E-state index contributed by atoms with van der Waals surface area (Å²) in [7, 11) is 0. The van der Waals surface area contributed by atoms with Crippen molar-refractivity contribution in [2.45, 2.75) is 44.9 Å². The van der Waals surface area contributed by atoms with Crippen LogP contribution in [0.25, 0.3) is 0 Å². The number of amides is 2. The molecule has 2 aliphatic rings. The number of hydrogen-bond acceptors (Lipinski definition) is 5. The minimum atomic E-state index is -1.10. The lowest BCUT2D eigenvalue weighted by molar-refractivity contribution is -0.137. The van der Waals surface area contributed by atoms with Gasteiger partial charge < -0.3 is 20.5 Å². The molecule has 206 valence electrons. The molecule has 3 N–H and O–H groups in total. The molecule has 2 aliphatic carbocycles. The predicted octanol–water partition coefficient (Wildman–Crippen LogP) is 6.54. The fraction of sp³-hybridized carbons (Fsp3) is 0.312. The molecule has 2 saturated carbocycles. The Morgan fingerprint density at radius 2 is 1.25 bits per heavy atom. The first kappa shape index (κ1) is 27.1. The van der Waals surface area contributed by atoms with E-state index in [-0.39, 0.29) is 40.6 Å². The minimum absolute atomic E-state index is 0.0409. The highest BCUT2D eigenvalue weighted by molar-refractivity contribution is 6.05. The van der Waals surface area contributed by atoms with E-state index in [1.807, 2.05) is 0 Å². The Kier molecular flexibility index (Phi) is 8.24. The number of aromatic carboxylic acids is 1. The summed E-state index contributed by atoms with van der Waals surface area (Å²) in [6.07, 6.45) is 6.58. The van der Waals surface area contributed by atoms with Crippen molar-refractivity contribution in [2.24, 2.45) is 17.8 Å². The third-order valence-electron chi connectivity index (χ3n) is 7.82. The molecule has 8 heteroatoms. The summed E-state index contributed by atoms with van der Waals surface area (Å²) in [4.78, 5) is 49.6. The van der Waals surface area contributed by atoms with E-state index in [1.54, 1.807) is 54.6 Å². The lowest BCUT2D eigenvalue weighted by atomic mass is 9.69. The minimum Gasteiger partial charge on any atom is -0.478 e. The molecule has 8 nitrogen and oxygen atoms in total. The molecule has 5 rings (SSSR count). The van der Waals surface area contributed by atoms with Crippen LogP contribution in [0.2, 0.25) is 0 Å². The number of ketones is 1. The topological polar surface area (TPSA) is 122 Å². The summed E-state index contributed by atoms with van der Waals surface area (Å²) >= 11 is 0. The zero-order valence-electron chi connectivity index (χ0n) is 22.1. The van der Waals surface area contributed by atoms with Crippen LogP contribution in [0.4, 0.5) is 11.4 Å². The molecule has 3 aromatic carbocycles. The molecule has 0 saturated heterocycles. The Morgan fingerprint density at radius 3 is 1.82 bits per heavy atom. The van der Waals surface area contributed by atoms with E-state index in [0.717, 1.165) is 44.9 Å². The fourth-order valence-electron chi connectivity index (χ4n) is 5.36. The fourth-order valence-corrected chi connectivity index (χ4v) is 5.36. The van der Waals surface area contributed by atoms with E-state index in [1.165, 1.54) is 18.2 Å². The summed E-state index contributed by atoms with van der Waals surface area (Å²) in [6, 6.07) is 19.7. The van der Waals surface area contributed by atoms with Gasteiger partial charge in [0.05, 0.1) is 5.56 Å². The van der Waals surface area contributed by atoms with Gasteiger partial charge in [0.2, 0.25) is 5.91 Å². The number of Topliss-reactive ketones (excluding diaryl/α,β-unsaturated/α-hetero) is 1. The van der Waals surface area contributed by atoms with Crippen molar-refractivity contribution < 1.29 is 29.0 Å². The maximum Gasteiger partial charge on any atom is 0.335 e. The Balaban J connectivity index is 1.15. The lowest BCUT2D eigenvalue weighted by Gasteiger charge is -2.34. The maximum atomic E-state index is 13.1. The second-order valence-electron chi connectivity index (χ2n) is 10.5. The van der Waals surface area contributed by atoms with Crippen LogP contribution in [0.1, 0.15) is 65.7 Å². The van der Waals surface area contributed by atoms with Gasteiger partial charge >= 0.3 is 5.97 Å². The van der Waals surface area contributed by atoms with Gasteiger partial charge in [0.25, 0.3) is 5.91 Å². The molecule has 0 bridgehead atoms. The van der Waals surface area contributed by atoms with Crippen molar-refractivity contribution in [3.8, 4) is 11.5 Å². The summed E-state index contributed by atoms with van der Waals surface area (Å²) in [5.74, 6) is -0.455. The van der Waals surface area contributed by atoms with Crippen molar-refractivity contribution in [1.29, 1.82) is 0 Å². The number of hydrogen-bond donors (Lipinski definition) is 3. The normalized spacial score (nSPS) is 18.7. The zero-order valence-corrected chi connectivity index (χ0v) is 22.1. The summed E-state index contributed by atoms with van der Waals surface area (Å²) < 4.78 is 5.90. The Bertz CT molecular complexity index is 1400. The molecule has 2 fully saturated rings. The number of carboxylic acid groups (broad SMARTS) is 1. The van der Waals surface area contributed by atoms with Crippen molar-refractivity contribution in [3.05, 3.63) is 83.9 Å². The number of carboxylic acids is 1. The molecule has 2 unspecified atom stereocenters. The van der Waals surface area contributed by atoms with Gasteiger partial charge in [-0.15, -0.1) is 0 Å². The van der Waals surface area contributed by atoms with Crippen molar-refractivity contribution in [2.75, 3.05) is 10.6 Å². The molecule has 0 aliphatic heterocycles. The summed E-state index contributed by atoms with van der Waals surface area (Å²) in [5.41, 5.74) is 1.48. The van der Waals surface area contributed by atoms with Crippen LogP contribution in [0.3, 0.4) is 0 Å². The van der Waals surface area contributed by atoms with E-state index in [4.69, 9.17) is 9.84 Å². The number of carbonyl (C=O) groups excluding carboxylic acids is 3. The molecule has 2 amide bonds. The number of nitrogens with one attached hydrogen (secondary N) is 2. The first-order valence-corrected chi connectivity index (χ1v) is 13.7. The molecular formula is C32H32N2O6. The zero-order chi connectivity index (χ0) is 28.1. The van der Waals surface area contributed by atoms with Gasteiger partial charge in [-0.05, 0) is 92.4 Å². The van der Waals surface area contributed by atoms with Gasteiger partial charge in [0.1, 0.15) is 17.3 Å². The SMILES string of the molecule is O=C(O)c1cccc(C(=O)Nc2ccc(Oc3ccc(NC(=O)C4CCCCC4C(=O)C4CCC4)cc3)cc2)c1. The first-order valence-electron chi connectivity index (χ1n) is 13.7. The summed E-state index contributed by atoms with van der Waals surface area (Å²) in [5, 5.41) is 14.9. The third-order valence-corrected chi connectivity index (χ3v) is 7.82. The van der Waals surface area contributed by atoms with Crippen LogP contribution in [-0.2, 0) is 9.59 Å². The number of anilines is 2. The number of carbonyl (C=O) groups is 4. The van der Waals surface area contributed by atoms with Crippen molar-refractivity contribution in [3.63, 3.8) is 0 Å². The van der Waals surface area contributed by atoms with Gasteiger partial charge in [0.15, 0.2) is 0 Å². The van der Waals surface area contributed by atoms with Crippen LogP contribution < -0.4 is 15.4 Å². The Morgan fingerprint density at radius 1 is 0.675 bits per heavy atom. The molecular weight excluding hydrogens is 508 g/mol. The van der Waals surface area contributed by atoms with E-state index in [0.29, 0.717) is 22.9 Å². The number of benzene rings is 3. The first-order chi connectivity index (χ1) is 19.4. The highest BCUT2D eigenvalue weighted by Gasteiger charge is 2.40. The number of rotatable bonds is 9. The Labute approximate surface area is 232 Å². The third kappa shape index (κ3) is 6.39.